The SMILES string of the molecule is CCNC(CSC1COC1)C12CC3CC(CC(C3)C1)C2. The molecule has 0 aromatic rings. The number of hydrogen-bond acceptors (Lipinski definition) is 3. The molecule has 5 fully saturated rings. The van der Waals surface area contributed by atoms with Crippen molar-refractivity contribution in [2.45, 2.75) is 56.7 Å². The van der Waals surface area contributed by atoms with Gasteiger partial charge in [-0.25, -0.2) is 0 Å². The zero-order chi connectivity index (χ0) is 13.6. The Morgan fingerprint density at radius 1 is 1.10 bits per heavy atom. The van der Waals surface area contributed by atoms with Gasteiger partial charge in [0.15, 0.2) is 0 Å². The van der Waals surface area contributed by atoms with E-state index >= 15 is 0 Å². The van der Waals surface area contributed by atoms with Gasteiger partial charge in [0.05, 0.1) is 18.5 Å². The summed E-state index contributed by atoms with van der Waals surface area (Å²) in [4.78, 5) is 0. The lowest BCUT2D eigenvalue weighted by Crippen LogP contribution is -2.57. The van der Waals surface area contributed by atoms with Crippen molar-refractivity contribution in [2.24, 2.45) is 23.2 Å². The minimum Gasteiger partial charge on any atom is -0.379 e. The van der Waals surface area contributed by atoms with Gasteiger partial charge in [0.1, 0.15) is 0 Å². The minimum absolute atomic E-state index is 0.655. The Morgan fingerprint density at radius 3 is 2.15 bits per heavy atom. The van der Waals surface area contributed by atoms with E-state index in [4.69, 9.17) is 4.74 Å². The van der Waals surface area contributed by atoms with E-state index in [1.54, 1.807) is 19.3 Å². The van der Waals surface area contributed by atoms with Crippen LogP contribution in [0.15, 0.2) is 0 Å². The van der Waals surface area contributed by atoms with Gasteiger partial charge < -0.3 is 10.1 Å². The summed E-state index contributed by atoms with van der Waals surface area (Å²) in [5.41, 5.74) is 0.655. The molecule has 1 unspecified atom stereocenters. The first kappa shape index (κ1) is 13.9. The highest BCUT2D eigenvalue weighted by molar-refractivity contribution is 8.00. The maximum atomic E-state index is 5.34. The van der Waals surface area contributed by atoms with Gasteiger partial charge in [-0.1, -0.05) is 6.92 Å². The summed E-state index contributed by atoms with van der Waals surface area (Å²) in [5.74, 6) is 4.52. The predicted molar refractivity (Wildman–Crippen MR) is 85.1 cm³/mol. The number of hydrogen-bond donors (Lipinski definition) is 1. The molecule has 5 aliphatic rings. The Morgan fingerprint density at radius 2 is 1.70 bits per heavy atom. The summed E-state index contributed by atoms with van der Waals surface area (Å²) in [6, 6.07) is 0.756. The van der Waals surface area contributed by atoms with Gasteiger partial charge in [-0.3, -0.25) is 0 Å². The van der Waals surface area contributed by atoms with Crippen LogP contribution in [0, 0.1) is 23.2 Å². The first-order chi connectivity index (χ1) is 9.77. The molecule has 0 aromatic carbocycles. The molecule has 20 heavy (non-hydrogen) atoms. The van der Waals surface area contributed by atoms with Crippen molar-refractivity contribution >= 4 is 11.8 Å². The lowest BCUT2D eigenvalue weighted by Gasteiger charge is -2.59. The van der Waals surface area contributed by atoms with Crippen LogP contribution in [0.3, 0.4) is 0 Å². The molecule has 4 bridgehead atoms. The maximum absolute atomic E-state index is 5.34. The molecule has 5 rings (SSSR count). The molecule has 0 radical (unpaired) electrons. The van der Waals surface area contributed by atoms with E-state index in [1.165, 1.54) is 25.0 Å². The van der Waals surface area contributed by atoms with E-state index in [2.05, 4.69) is 24.0 Å². The molecule has 1 heterocycles. The number of rotatable bonds is 6. The van der Waals surface area contributed by atoms with E-state index in [0.717, 1.165) is 48.8 Å². The Labute approximate surface area is 127 Å². The van der Waals surface area contributed by atoms with Crippen molar-refractivity contribution in [3.63, 3.8) is 0 Å². The molecular weight excluding hydrogens is 266 g/mol. The highest BCUT2D eigenvalue weighted by Crippen LogP contribution is 2.61. The Kier molecular flexibility index (Phi) is 3.81. The number of thioether (sulfide) groups is 1. The van der Waals surface area contributed by atoms with Crippen molar-refractivity contribution < 1.29 is 4.74 Å². The predicted octanol–water partition coefficient (Wildman–Crippen LogP) is 3.31. The van der Waals surface area contributed by atoms with E-state index in [0.29, 0.717) is 5.41 Å². The fourth-order valence-electron chi connectivity index (χ4n) is 5.85. The van der Waals surface area contributed by atoms with Gasteiger partial charge in [-0.05, 0) is 68.2 Å². The molecule has 1 N–H and O–H groups in total. The number of ether oxygens (including phenoxy) is 1. The van der Waals surface area contributed by atoms with E-state index in [1.807, 2.05) is 0 Å². The third-order valence-corrected chi connectivity index (χ3v) is 7.65. The topological polar surface area (TPSA) is 21.3 Å². The molecule has 4 saturated carbocycles. The van der Waals surface area contributed by atoms with Crippen LogP contribution in [-0.2, 0) is 4.74 Å². The zero-order valence-corrected chi connectivity index (χ0v) is 13.6. The monoisotopic (exact) mass is 295 g/mol. The van der Waals surface area contributed by atoms with Crippen LogP contribution >= 0.6 is 11.8 Å². The molecule has 2 nitrogen and oxygen atoms in total. The first-order valence-electron chi connectivity index (χ1n) is 8.70. The summed E-state index contributed by atoms with van der Waals surface area (Å²) in [6.07, 6.45) is 9.25. The average molecular weight is 295 g/mol. The van der Waals surface area contributed by atoms with Crippen LogP contribution in [0.2, 0.25) is 0 Å². The van der Waals surface area contributed by atoms with E-state index < -0.39 is 0 Å². The fourth-order valence-corrected chi connectivity index (χ4v) is 7.17. The highest BCUT2D eigenvalue weighted by atomic mass is 32.2. The van der Waals surface area contributed by atoms with Crippen molar-refractivity contribution in [1.82, 2.24) is 5.32 Å². The molecular formula is C17H29NOS. The zero-order valence-electron chi connectivity index (χ0n) is 12.8. The van der Waals surface area contributed by atoms with Crippen molar-refractivity contribution in [3.05, 3.63) is 0 Å². The molecule has 3 heteroatoms. The summed E-state index contributed by atoms with van der Waals surface area (Å²) < 4.78 is 5.34. The van der Waals surface area contributed by atoms with Gasteiger partial charge in [0, 0.05) is 11.8 Å². The van der Waals surface area contributed by atoms with Crippen LogP contribution in [0.4, 0.5) is 0 Å². The largest absolute Gasteiger partial charge is 0.379 e. The second-order valence-electron chi connectivity index (χ2n) is 7.88. The number of nitrogens with one attached hydrogen (secondary N) is 1. The molecule has 0 spiro atoms. The minimum atomic E-state index is 0.655. The summed E-state index contributed by atoms with van der Waals surface area (Å²) >= 11 is 2.17. The van der Waals surface area contributed by atoms with Crippen molar-refractivity contribution in [2.75, 3.05) is 25.5 Å². The summed E-state index contributed by atoms with van der Waals surface area (Å²) in [7, 11) is 0. The van der Waals surface area contributed by atoms with Gasteiger partial charge in [-0.2, -0.15) is 11.8 Å². The second-order valence-corrected chi connectivity index (χ2v) is 9.22. The van der Waals surface area contributed by atoms with Crippen LogP contribution in [0.1, 0.15) is 45.4 Å². The summed E-state index contributed by atoms with van der Waals surface area (Å²) in [5, 5.41) is 4.66. The van der Waals surface area contributed by atoms with Crippen LogP contribution in [-0.4, -0.2) is 36.8 Å². The van der Waals surface area contributed by atoms with Gasteiger partial charge in [-0.15, -0.1) is 0 Å². The second kappa shape index (κ2) is 5.48. The van der Waals surface area contributed by atoms with Gasteiger partial charge in [0.25, 0.3) is 0 Å². The summed E-state index contributed by atoms with van der Waals surface area (Å²) in [6.45, 7) is 5.40. The third kappa shape index (κ3) is 2.44. The van der Waals surface area contributed by atoms with Gasteiger partial charge >= 0.3 is 0 Å². The fraction of sp³-hybridized carbons (Fsp3) is 1.00. The van der Waals surface area contributed by atoms with Crippen molar-refractivity contribution in [3.8, 4) is 0 Å². The molecule has 1 aliphatic heterocycles. The van der Waals surface area contributed by atoms with Crippen LogP contribution in [0.25, 0.3) is 0 Å². The molecule has 0 amide bonds. The third-order valence-electron chi connectivity index (χ3n) is 6.38. The Bertz CT molecular complexity index is 320. The van der Waals surface area contributed by atoms with Gasteiger partial charge in [0.2, 0.25) is 0 Å². The lowest BCUT2D eigenvalue weighted by atomic mass is 9.48. The highest BCUT2D eigenvalue weighted by Gasteiger charge is 2.53. The molecule has 114 valence electrons. The van der Waals surface area contributed by atoms with E-state index in [9.17, 15) is 0 Å². The molecule has 1 saturated heterocycles. The van der Waals surface area contributed by atoms with Crippen molar-refractivity contribution in [1.29, 1.82) is 0 Å². The quantitative estimate of drug-likeness (QED) is 0.812. The van der Waals surface area contributed by atoms with E-state index in [-0.39, 0.29) is 0 Å². The standard InChI is InChI=1S/C17H29NOS/c1-2-18-16(11-20-15-9-19-10-15)17-6-12-3-13(7-17)5-14(4-12)8-17/h12-16,18H,2-11H2,1H3. The first-order valence-corrected chi connectivity index (χ1v) is 9.75. The lowest BCUT2D eigenvalue weighted by molar-refractivity contribution is -0.0692. The smallest absolute Gasteiger partial charge is 0.0607 e. The maximum Gasteiger partial charge on any atom is 0.0607 e. The Hall–Kier alpha value is 0.270. The average Bonchev–Trinajstić information content (AvgIpc) is 2.34. The van der Waals surface area contributed by atoms with Crippen LogP contribution in [0.5, 0.6) is 0 Å². The normalized spacial score (nSPS) is 44.5. The molecule has 0 aromatic heterocycles. The van der Waals surface area contributed by atoms with Crippen LogP contribution < -0.4 is 5.32 Å². The molecule has 4 aliphatic carbocycles. The Balaban J connectivity index is 1.46. The molecule has 1 atom stereocenters.